The number of carbonyl (C=O) groups excluding carboxylic acids is 2. The van der Waals surface area contributed by atoms with Gasteiger partial charge in [0.05, 0.1) is 13.0 Å². The number of amides is 1. The fraction of sp³-hybridized carbons (Fsp3) is 0.333. The molecule has 5 nitrogen and oxygen atoms in total. The highest BCUT2D eigenvalue weighted by molar-refractivity contribution is 6.30. The van der Waals surface area contributed by atoms with Crippen LogP contribution >= 0.6 is 11.6 Å². The van der Waals surface area contributed by atoms with Gasteiger partial charge in [0, 0.05) is 17.0 Å². The number of rotatable bonds is 1. The van der Waals surface area contributed by atoms with Crippen LogP contribution in [0.15, 0.2) is 18.2 Å². The SMILES string of the molecule is COC(=O)[C@@]12NC(=O)C[C@@H]1c1cc(Cl)ccc1O2. The van der Waals surface area contributed by atoms with Gasteiger partial charge in [-0.2, -0.15) is 0 Å². The summed E-state index contributed by atoms with van der Waals surface area (Å²) in [7, 11) is 1.26. The number of ether oxygens (including phenoxy) is 2. The molecule has 1 aromatic carbocycles. The van der Waals surface area contributed by atoms with Gasteiger partial charge in [0.25, 0.3) is 5.72 Å². The van der Waals surface area contributed by atoms with Crippen molar-refractivity contribution in [1.29, 1.82) is 0 Å². The minimum Gasteiger partial charge on any atom is -0.465 e. The molecule has 94 valence electrons. The van der Waals surface area contributed by atoms with Gasteiger partial charge in [-0.05, 0) is 18.2 Å². The van der Waals surface area contributed by atoms with Crippen molar-refractivity contribution in [1.82, 2.24) is 5.32 Å². The van der Waals surface area contributed by atoms with Crippen molar-refractivity contribution in [2.24, 2.45) is 0 Å². The van der Waals surface area contributed by atoms with Crippen molar-refractivity contribution in [3.8, 4) is 5.75 Å². The van der Waals surface area contributed by atoms with Gasteiger partial charge >= 0.3 is 5.97 Å². The third kappa shape index (κ3) is 1.34. The minimum absolute atomic E-state index is 0.183. The molecule has 2 aliphatic heterocycles. The second-order valence-corrected chi connectivity index (χ2v) is 4.75. The highest BCUT2D eigenvalue weighted by Gasteiger charge is 2.61. The smallest absolute Gasteiger partial charge is 0.372 e. The largest absolute Gasteiger partial charge is 0.465 e. The van der Waals surface area contributed by atoms with E-state index in [9.17, 15) is 9.59 Å². The van der Waals surface area contributed by atoms with Crippen LogP contribution < -0.4 is 10.1 Å². The highest BCUT2D eigenvalue weighted by atomic mass is 35.5. The van der Waals surface area contributed by atoms with Crippen molar-refractivity contribution in [2.75, 3.05) is 7.11 Å². The molecule has 0 bridgehead atoms. The van der Waals surface area contributed by atoms with Crippen LogP contribution in [0.3, 0.4) is 0 Å². The summed E-state index contributed by atoms with van der Waals surface area (Å²) in [5.41, 5.74) is -0.676. The Morgan fingerprint density at radius 1 is 1.61 bits per heavy atom. The average molecular weight is 268 g/mol. The summed E-state index contributed by atoms with van der Waals surface area (Å²) in [4.78, 5) is 23.5. The zero-order valence-electron chi connectivity index (χ0n) is 9.53. The molecular formula is C12H10ClNO4. The van der Waals surface area contributed by atoms with E-state index in [4.69, 9.17) is 21.1 Å². The molecule has 1 N–H and O–H groups in total. The molecule has 0 radical (unpaired) electrons. The van der Waals surface area contributed by atoms with Crippen LogP contribution in [-0.2, 0) is 14.3 Å². The Morgan fingerprint density at radius 2 is 2.39 bits per heavy atom. The lowest BCUT2D eigenvalue weighted by atomic mass is 9.91. The predicted octanol–water partition coefficient (Wildman–Crippen LogP) is 1.21. The predicted molar refractivity (Wildman–Crippen MR) is 62.3 cm³/mol. The average Bonchev–Trinajstić information content (AvgIpc) is 2.81. The Bertz CT molecular complexity index is 559. The van der Waals surface area contributed by atoms with E-state index >= 15 is 0 Å². The fourth-order valence-electron chi connectivity index (χ4n) is 2.54. The van der Waals surface area contributed by atoms with Crippen LogP contribution in [-0.4, -0.2) is 24.7 Å². The first-order valence-electron chi connectivity index (χ1n) is 5.45. The van der Waals surface area contributed by atoms with E-state index in [-0.39, 0.29) is 12.3 Å². The molecule has 0 unspecified atom stereocenters. The number of hydrogen-bond acceptors (Lipinski definition) is 4. The molecule has 2 heterocycles. The number of carbonyl (C=O) groups is 2. The van der Waals surface area contributed by atoms with Gasteiger partial charge in [-0.3, -0.25) is 4.79 Å². The van der Waals surface area contributed by atoms with Crippen LogP contribution in [0.4, 0.5) is 0 Å². The quantitative estimate of drug-likeness (QED) is 0.777. The first kappa shape index (κ1) is 11.3. The minimum atomic E-state index is -1.43. The topological polar surface area (TPSA) is 64.6 Å². The Kier molecular flexibility index (Phi) is 2.28. The molecule has 1 fully saturated rings. The Labute approximate surface area is 108 Å². The standard InChI is InChI=1S/C12H10ClNO4/c1-17-11(16)12-8(5-10(15)14-12)7-4-6(13)2-3-9(7)18-12/h2-4,8H,5H2,1H3,(H,14,15)/t8-,12-/m1/s1. The Balaban J connectivity index is 2.12. The van der Waals surface area contributed by atoms with E-state index in [0.29, 0.717) is 10.8 Å². The summed E-state index contributed by atoms with van der Waals surface area (Å²) in [6.07, 6.45) is 0.183. The number of halogens is 1. The second kappa shape index (κ2) is 3.62. The molecule has 0 spiro atoms. The normalized spacial score (nSPS) is 28.1. The number of esters is 1. The van der Waals surface area contributed by atoms with E-state index in [1.54, 1.807) is 18.2 Å². The maximum atomic E-state index is 11.9. The summed E-state index contributed by atoms with van der Waals surface area (Å²) in [6.45, 7) is 0. The lowest BCUT2D eigenvalue weighted by Crippen LogP contribution is -2.55. The fourth-order valence-corrected chi connectivity index (χ4v) is 2.73. The maximum absolute atomic E-state index is 11.9. The van der Waals surface area contributed by atoms with Gasteiger partial charge in [0.1, 0.15) is 5.75 Å². The lowest BCUT2D eigenvalue weighted by molar-refractivity contribution is -0.161. The van der Waals surface area contributed by atoms with E-state index in [1.165, 1.54) is 7.11 Å². The molecular weight excluding hydrogens is 258 g/mol. The van der Waals surface area contributed by atoms with Gasteiger partial charge in [-0.25, -0.2) is 4.79 Å². The number of hydrogen-bond donors (Lipinski definition) is 1. The Hall–Kier alpha value is -1.75. The van der Waals surface area contributed by atoms with E-state index < -0.39 is 17.6 Å². The summed E-state index contributed by atoms with van der Waals surface area (Å²) in [6, 6.07) is 5.08. The summed E-state index contributed by atoms with van der Waals surface area (Å²) >= 11 is 5.93. The molecule has 18 heavy (non-hydrogen) atoms. The number of methoxy groups -OCH3 is 1. The van der Waals surface area contributed by atoms with Crippen LogP contribution in [0.25, 0.3) is 0 Å². The van der Waals surface area contributed by atoms with Gasteiger partial charge in [0.15, 0.2) is 0 Å². The van der Waals surface area contributed by atoms with Crippen LogP contribution in [0.1, 0.15) is 17.9 Å². The maximum Gasteiger partial charge on any atom is 0.372 e. The summed E-state index contributed by atoms with van der Waals surface area (Å²) in [5, 5.41) is 3.11. The molecule has 0 aromatic heterocycles. The second-order valence-electron chi connectivity index (χ2n) is 4.32. The molecule has 1 amide bonds. The van der Waals surface area contributed by atoms with Gasteiger partial charge in [-0.1, -0.05) is 11.6 Å². The number of fused-ring (bicyclic) bond motifs is 3. The van der Waals surface area contributed by atoms with Crippen molar-refractivity contribution in [3.63, 3.8) is 0 Å². The van der Waals surface area contributed by atoms with Crippen molar-refractivity contribution < 1.29 is 19.1 Å². The Morgan fingerprint density at radius 3 is 3.11 bits per heavy atom. The molecule has 0 saturated carbocycles. The van der Waals surface area contributed by atoms with Crippen molar-refractivity contribution >= 4 is 23.5 Å². The van der Waals surface area contributed by atoms with Crippen LogP contribution in [0, 0.1) is 0 Å². The highest BCUT2D eigenvalue weighted by Crippen LogP contribution is 2.49. The number of benzene rings is 1. The van der Waals surface area contributed by atoms with Crippen LogP contribution in [0.2, 0.25) is 5.02 Å². The first-order valence-corrected chi connectivity index (χ1v) is 5.82. The third-order valence-electron chi connectivity index (χ3n) is 3.31. The van der Waals surface area contributed by atoms with E-state index in [2.05, 4.69) is 5.32 Å². The van der Waals surface area contributed by atoms with E-state index in [0.717, 1.165) is 5.56 Å². The monoisotopic (exact) mass is 267 g/mol. The molecule has 1 saturated heterocycles. The zero-order valence-corrected chi connectivity index (χ0v) is 10.3. The summed E-state index contributed by atoms with van der Waals surface area (Å²) < 4.78 is 10.4. The van der Waals surface area contributed by atoms with Crippen molar-refractivity contribution in [2.45, 2.75) is 18.1 Å². The molecule has 6 heteroatoms. The lowest BCUT2D eigenvalue weighted by Gasteiger charge is -2.24. The number of nitrogens with one attached hydrogen (secondary N) is 1. The van der Waals surface area contributed by atoms with Gasteiger partial charge in [0.2, 0.25) is 5.91 Å². The van der Waals surface area contributed by atoms with Gasteiger partial charge < -0.3 is 14.8 Å². The van der Waals surface area contributed by atoms with Gasteiger partial charge in [-0.15, -0.1) is 0 Å². The van der Waals surface area contributed by atoms with E-state index in [1.807, 2.05) is 0 Å². The third-order valence-corrected chi connectivity index (χ3v) is 3.55. The molecule has 3 rings (SSSR count). The zero-order chi connectivity index (χ0) is 12.9. The first-order chi connectivity index (χ1) is 8.56. The summed E-state index contributed by atoms with van der Waals surface area (Å²) in [5.74, 6) is -0.692. The molecule has 2 aliphatic rings. The molecule has 1 aromatic rings. The molecule has 0 aliphatic carbocycles. The molecule has 2 atom stereocenters. The van der Waals surface area contributed by atoms with Crippen LogP contribution in [0.5, 0.6) is 5.75 Å². The van der Waals surface area contributed by atoms with Crippen molar-refractivity contribution in [3.05, 3.63) is 28.8 Å².